The molecule has 2 aliphatic rings. The van der Waals surface area contributed by atoms with E-state index >= 15 is 0 Å². The van der Waals surface area contributed by atoms with Crippen molar-refractivity contribution in [2.45, 2.75) is 25.2 Å². The van der Waals surface area contributed by atoms with Gasteiger partial charge in [-0.3, -0.25) is 5.10 Å². The number of H-pyrrole nitrogens is 1. The van der Waals surface area contributed by atoms with Crippen LogP contribution in [0.1, 0.15) is 30.1 Å². The number of aromatic amines is 1. The Morgan fingerprint density at radius 2 is 2.18 bits per heavy atom. The fraction of sp³-hybridized carbons (Fsp3) is 0.385. The van der Waals surface area contributed by atoms with Crippen molar-refractivity contribution in [3.05, 3.63) is 29.6 Å². The number of rotatable bonds is 2. The Labute approximate surface area is 99.5 Å². The minimum absolute atomic E-state index is 0.632. The molecule has 1 aromatic heterocycles. The van der Waals surface area contributed by atoms with Gasteiger partial charge in [-0.15, -0.1) is 0 Å². The molecule has 0 unspecified atom stereocenters. The Balaban J connectivity index is 1.72. The molecule has 1 saturated carbocycles. The second-order valence-electron chi connectivity index (χ2n) is 4.87. The molecule has 0 spiro atoms. The highest BCUT2D eigenvalue weighted by atomic mass is 15.2. The van der Waals surface area contributed by atoms with Crippen LogP contribution < -0.4 is 5.32 Å². The van der Waals surface area contributed by atoms with Gasteiger partial charge in [-0.1, -0.05) is 0 Å². The summed E-state index contributed by atoms with van der Waals surface area (Å²) in [6, 6.07) is 6.43. The molecule has 0 saturated heterocycles. The highest BCUT2D eigenvalue weighted by Gasteiger charge is 2.27. The molecule has 0 atom stereocenters. The van der Waals surface area contributed by atoms with Crippen molar-refractivity contribution in [2.75, 3.05) is 11.9 Å². The molecule has 1 aliphatic carbocycles. The Bertz CT molecular complexity index is 569. The van der Waals surface area contributed by atoms with Crippen LogP contribution in [0.3, 0.4) is 0 Å². The van der Waals surface area contributed by atoms with Crippen LogP contribution in [-0.2, 0) is 6.42 Å². The predicted octanol–water partition coefficient (Wildman–Crippen LogP) is 2.32. The van der Waals surface area contributed by atoms with Crippen molar-refractivity contribution in [3.63, 3.8) is 0 Å². The second kappa shape index (κ2) is 3.32. The lowest BCUT2D eigenvalue weighted by atomic mass is 10.1. The molecule has 0 radical (unpaired) electrons. The topological polar surface area (TPSA) is 53.6 Å². The van der Waals surface area contributed by atoms with Crippen LogP contribution >= 0.6 is 0 Å². The monoisotopic (exact) mass is 226 g/mol. The van der Waals surface area contributed by atoms with Gasteiger partial charge >= 0.3 is 0 Å². The summed E-state index contributed by atoms with van der Waals surface area (Å²) < 4.78 is 0. The van der Waals surface area contributed by atoms with Crippen LogP contribution in [-0.4, -0.2) is 21.7 Å². The fourth-order valence-corrected chi connectivity index (χ4v) is 2.39. The molecule has 0 bridgehead atoms. The normalized spacial score (nSPS) is 17.9. The molecule has 4 heteroatoms. The average molecular weight is 226 g/mol. The predicted molar refractivity (Wildman–Crippen MR) is 66.0 cm³/mol. The summed E-state index contributed by atoms with van der Waals surface area (Å²) in [6.45, 7) is 1.04. The quantitative estimate of drug-likeness (QED) is 0.826. The first kappa shape index (κ1) is 9.22. The number of hydrogen-bond donors (Lipinski definition) is 2. The highest BCUT2D eigenvalue weighted by molar-refractivity contribution is 5.65. The van der Waals surface area contributed by atoms with Gasteiger partial charge in [-0.25, -0.2) is 4.98 Å². The first-order valence-corrected chi connectivity index (χ1v) is 6.19. The maximum absolute atomic E-state index is 4.58. The Kier molecular flexibility index (Phi) is 1.80. The largest absolute Gasteiger partial charge is 0.384 e. The number of nitrogens with zero attached hydrogens (tertiary/aromatic N) is 2. The third kappa shape index (κ3) is 1.52. The zero-order valence-corrected chi connectivity index (χ0v) is 9.53. The SMILES string of the molecule is c1cc2c(cc1-c1n[nH]c(C3CC3)n1)CCN2. The van der Waals surface area contributed by atoms with Crippen LogP contribution in [0.4, 0.5) is 5.69 Å². The van der Waals surface area contributed by atoms with Crippen LogP contribution in [0.2, 0.25) is 0 Å². The van der Waals surface area contributed by atoms with Crippen molar-refractivity contribution in [1.29, 1.82) is 0 Å². The first-order chi connectivity index (χ1) is 8.40. The van der Waals surface area contributed by atoms with Crippen LogP contribution in [0.25, 0.3) is 11.4 Å². The van der Waals surface area contributed by atoms with E-state index in [9.17, 15) is 0 Å². The van der Waals surface area contributed by atoms with E-state index in [0.717, 1.165) is 30.2 Å². The molecular weight excluding hydrogens is 212 g/mol. The Morgan fingerprint density at radius 1 is 1.24 bits per heavy atom. The summed E-state index contributed by atoms with van der Waals surface area (Å²) in [7, 11) is 0. The van der Waals surface area contributed by atoms with Gasteiger partial charge < -0.3 is 5.32 Å². The lowest BCUT2D eigenvalue weighted by Crippen LogP contribution is -1.90. The number of fused-ring (bicyclic) bond motifs is 1. The standard InChI is InChI=1S/C13H14N4/c1-2-8(1)12-15-13(17-16-12)10-3-4-11-9(7-10)5-6-14-11/h3-4,7-8,14H,1-2,5-6H2,(H,15,16,17). The molecule has 4 rings (SSSR count). The first-order valence-electron chi connectivity index (χ1n) is 6.19. The van der Waals surface area contributed by atoms with E-state index in [1.165, 1.54) is 24.1 Å². The van der Waals surface area contributed by atoms with Crippen LogP contribution in [0.5, 0.6) is 0 Å². The van der Waals surface area contributed by atoms with Gasteiger partial charge in [0.2, 0.25) is 0 Å². The highest BCUT2D eigenvalue weighted by Crippen LogP contribution is 2.38. The number of aromatic nitrogens is 3. The second-order valence-corrected chi connectivity index (χ2v) is 4.87. The summed E-state index contributed by atoms with van der Waals surface area (Å²) in [5.74, 6) is 2.52. The molecule has 2 heterocycles. The number of anilines is 1. The molecule has 2 N–H and O–H groups in total. The van der Waals surface area contributed by atoms with Gasteiger partial charge in [0.05, 0.1) is 0 Å². The van der Waals surface area contributed by atoms with Gasteiger partial charge in [0.1, 0.15) is 5.82 Å². The third-order valence-corrected chi connectivity index (χ3v) is 3.54. The van der Waals surface area contributed by atoms with Crippen LogP contribution in [0.15, 0.2) is 18.2 Å². The van der Waals surface area contributed by atoms with Crippen molar-refractivity contribution >= 4 is 5.69 Å². The summed E-state index contributed by atoms with van der Waals surface area (Å²) in [6.07, 6.45) is 3.61. The van der Waals surface area contributed by atoms with E-state index in [1.54, 1.807) is 0 Å². The molecule has 0 amide bonds. The van der Waals surface area contributed by atoms with E-state index in [2.05, 4.69) is 38.7 Å². The summed E-state index contributed by atoms with van der Waals surface area (Å²) in [5, 5.41) is 10.7. The third-order valence-electron chi connectivity index (χ3n) is 3.54. The van der Waals surface area contributed by atoms with E-state index in [1.807, 2.05) is 0 Å². The van der Waals surface area contributed by atoms with Crippen LogP contribution in [0, 0.1) is 0 Å². The minimum atomic E-state index is 0.632. The molecule has 1 aromatic carbocycles. The molecule has 86 valence electrons. The van der Waals surface area contributed by atoms with Gasteiger partial charge in [0, 0.05) is 23.7 Å². The van der Waals surface area contributed by atoms with Crippen molar-refractivity contribution in [1.82, 2.24) is 15.2 Å². The lowest BCUT2D eigenvalue weighted by Gasteiger charge is -2.00. The average Bonchev–Trinajstić information content (AvgIpc) is 2.93. The number of benzene rings is 1. The molecule has 4 nitrogen and oxygen atoms in total. The zero-order valence-electron chi connectivity index (χ0n) is 9.53. The van der Waals surface area contributed by atoms with Gasteiger partial charge in [0.25, 0.3) is 0 Å². The van der Waals surface area contributed by atoms with E-state index < -0.39 is 0 Å². The molecule has 1 fully saturated rings. The van der Waals surface area contributed by atoms with Gasteiger partial charge in [0.15, 0.2) is 5.82 Å². The van der Waals surface area contributed by atoms with E-state index in [-0.39, 0.29) is 0 Å². The molecular formula is C13H14N4. The van der Waals surface area contributed by atoms with E-state index in [0.29, 0.717) is 5.92 Å². The van der Waals surface area contributed by atoms with E-state index in [4.69, 9.17) is 0 Å². The fourth-order valence-electron chi connectivity index (χ4n) is 2.39. The Hall–Kier alpha value is -1.84. The van der Waals surface area contributed by atoms with Crippen molar-refractivity contribution < 1.29 is 0 Å². The summed E-state index contributed by atoms with van der Waals surface area (Å²) in [4.78, 5) is 4.58. The smallest absolute Gasteiger partial charge is 0.181 e. The summed E-state index contributed by atoms with van der Waals surface area (Å²) >= 11 is 0. The Morgan fingerprint density at radius 3 is 3.06 bits per heavy atom. The van der Waals surface area contributed by atoms with Gasteiger partial charge in [-0.2, -0.15) is 5.10 Å². The maximum atomic E-state index is 4.58. The summed E-state index contributed by atoms with van der Waals surface area (Å²) in [5.41, 5.74) is 3.75. The van der Waals surface area contributed by atoms with Gasteiger partial charge in [-0.05, 0) is 43.0 Å². The molecule has 1 aliphatic heterocycles. The molecule has 17 heavy (non-hydrogen) atoms. The molecule has 2 aromatic rings. The minimum Gasteiger partial charge on any atom is -0.384 e. The maximum Gasteiger partial charge on any atom is 0.181 e. The lowest BCUT2D eigenvalue weighted by molar-refractivity contribution is 0.935. The van der Waals surface area contributed by atoms with Crippen molar-refractivity contribution in [3.8, 4) is 11.4 Å². The zero-order chi connectivity index (χ0) is 11.2. The van der Waals surface area contributed by atoms with Crippen molar-refractivity contribution in [2.24, 2.45) is 0 Å². The number of nitrogens with one attached hydrogen (secondary N) is 2. The number of hydrogen-bond acceptors (Lipinski definition) is 3.